The van der Waals surface area contributed by atoms with Gasteiger partial charge in [0.1, 0.15) is 0 Å². The molecule has 0 amide bonds. The zero-order valence-electron chi connectivity index (χ0n) is 10.3. The first-order valence-corrected chi connectivity index (χ1v) is 6.73. The molecule has 0 aromatic rings. The van der Waals surface area contributed by atoms with E-state index in [2.05, 4.69) is 44.1 Å². The van der Waals surface area contributed by atoms with Gasteiger partial charge in [0.2, 0.25) is 0 Å². The van der Waals surface area contributed by atoms with E-state index in [4.69, 9.17) is 0 Å². The molecule has 0 aliphatic carbocycles. The molecule has 0 aromatic carbocycles. The van der Waals surface area contributed by atoms with Crippen molar-refractivity contribution in [3.8, 4) is 0 Å². The highest BCUT2D eigenvalue weighted by Crippen LogP contribution is 2.08. The van der Waals surface area contributed by atoms with Crippen molar-refractivity contribution in [1.29, 1.82) is 0 Å². The second-order valence-corrected chi connectivity index (χ2v) is 4.29. The maximum Gasteiger partial charge on any atom is 0.308 e. The summed E-state index contributed by atoms with van der Waals surface area (Å²) < 4.78 is 2.45. The lowest BCUT2D eigenvalue weighted by Crippen LogP contribution is -2.36. The molecule has 0 N–H and O–H groups in total. The first kappa shape index (κ1) is 13.8. The third-order valence-corrected chi connectivity index (χ3v) is 3.40. The molecular weight excluding hydrogens is 192 g/mol. The quantitative estimate of drug-likeness (QED) is 0.396. The monoisotopic (exact) mass is 217 g/mol. The summed E-state index contributed by atoms with van der Waals surface area (Å²) in [5.74, 6) is 1.16. The lowest BCUT2D eigenvalue weighted by Gasteiger charge is -2.18. The van der Waals surface area contributed by atoms with Gasteiger partial charge in [0.15, 0.2) is 0 Å². The highest BCUT2D eigenvalue weighted by Gasteiger charge is 2.18. The topological polar surface area (TPSA) is 6.25 Å². The summed E-state index contributed by atoms with van der Waals surface area (Å²) in [7, 11) is 0. The van der Waals surface area contributed by atoms with Crippen molar-refractivity contribution >= 4 is 16.9 Å². The molecule has 0 aromatic heterocycles. The fourth-order valence-electron chi connectivity index (χ4n) is 1.50. The van der Waals surface area contributed by atoms with Crippen LogP contribution in [-0.2, 0) is 0 Å². The van der Waals surface area contributed by atoms with E-state index in [-0.39, 0.29) is 0 Å². The Hall–Kier alpha value is -0.180. The molecule has 0 rings (SSSR count). The summed E-state index contributed by atoms with van der Waals surface area (Å²) >= 11 is 1.96. The van der Waals surface area contributed by atoms with E-state index >= 15 is 0 Å². The zero-order valence-corrected chi connectivity index (χ0v) is 11.2. The Kier molecular flexibility index (Phi) is 8.05. The van der Waals surface area contributed by atoms with Gasteiger partial charge in [-0.25, -0.2) is 0 Å². The van der Waals surface area contributed by atoms with Gasteiger partial charge in [0, 0.05) is 5.75 Å². The average Bonchev–Trinajstić information content (AvgIpc) is 2.21. The van der Waals surface area contributed by atoms with E-state index in [1.54, 1.807) is 0 Å². The highest BCUT2D eigenvalue weighted by atomic mass is 32.2. The Balaban J connectivity index is 4.77. The van der Waals surface area contributed by atoms with Gasteiger partial charge in [0.05, 0.1) is 26.2 Å². The molecule has 0 saturated heterocycles. The lowest BCUT2D eigenvalue weighted by molar-refractivity contribution is -0.522. The van der Waals surface area contributed by atoms with Gasteiger partial charge in [-0.05, 0) is 39.5 Å². The molecule has 0 unspecified atom stereocenters. The molecule has 14 heavy (non-hydrogen) atoms. The standard InChI is InChI=1S/C11H25N2S/c1-6-12(7-2)11(14-10-5)13(8-3)9-4/h6-10H2,1-5H3/q+1. The van der Waals surface area contributed by atoms with Crippen LogP contribution in [0.5, 0.6) is 0 Å². The molecule has 0 atom stereocenters. The van der Waals surface area contributed by atoms with Crippen molar-refractivity contribution in [3.05, 3.63) is 0 Å². The predicted molar refractivity (Wildman–Crippen MR) is 67.4 cm³/mol. The van der Waals surface area contributed by atoms with Gasteiger partial charge in [0.25, 0.3) is 0 Å². The largest absolute Gasteiger partial charge is 0.308 e. The van der Waals surface area contributed by atoms with Crippen LogP contribution in [0.3, 0.4) is 0 Å². The van der Waals surface area contributed by atoms with E-state index in [1.807, 2.05) is 11.8 Å². The Morgan fingerprint density at radius 3 is 1.79 bits per heavy atom. The van der Waals surface area contributed by atoms with E-state index in [0.717, 1.165) is 31.9 Å². The Morgan fingerprint density at radius 2 is 1.50 bits per heavy atom. The second kappa shape index (κ2) is 8.16. The van der Waals surface area contributed by atoms with Crippen molar-refractivity contribution in [1.82, 2.24) is 4.90 Å². The van der Waals surface area contributed by atoms with E-state index in [1.165, 1.54) is 5.17 Å². The van der Waals surface area contributed by atoms with Crippen molar-refractivity contribution in [2.24, 2.45) is 0 Å². The smallest absolute Gasteiger partial charge is 0.257 e. The van der Waals surface area contributed by atoms with Gasteiger partial charge < -0.3 is 0 Å². The number of thioether (sulfide) groups is 1. The maximum absolute atomic E-state index is 2.45. The summed E-state index contributed by atoms with van der Waals surface area (Å²) in [5, 5.41) is 1.45. The van der Waals surface area contributed by atoms with Gasteiger partial charge in [-0.1, -0.05) is 6.92 Å². The van der Waals surface area contributed by atoms with E-state index in [9.17, 15) is 0 Å². The third-order valence-electron chi connectivity index (χ3n) is 2.34. The number of hydrogen-bond donors (Lipinski definition) is 0. The molecule has 0 heterocycles. The number of hydrogen-bond acceptors (Lipinski definition) is 1. The Morgan fingerprint density at radius 1 is 1.00 bits per heavy atom. The van der Waals surface area contributed by atoms with Crippen molar-refractivity contribution < 1.29 is 4.58 Å². The summed E-state index contributed by atoms with van der Waals surface area (Å²) in [5.41, 5.74) is 0. The van der Waals surface area contributed by atoms with Crippen LogP contribution in [0.1, 0.15) is 34.6 Å². The molecule has 3 heteroatoms. The summed E-state index contributed by atoms with van der Waals surface area (Å²) in [4.78, 5) is 2.45. The molecule has 0 spiro atoms. The summed E-state index contributed by atoms with van der Waals surface area (Å²) in [6, 6.07) is 0. The predicted octanol–water partition coefficient (Wildman–Crippen LogP) is 2.49. The minimum absolute atomic E-state index is 1.11. The zero-order chi connectivity index (χ0) is 11.0. The molecule has 0 saturated carbocycles. The fourth-order valence-corrected chi connectivity index (χ4v) is 2.64. The molecule has 2 nitrogen and oxygen atoms in total. The molecule has 0 bridgehead atoms. The Bertz CT molecular complexity index is 168. The van der Waals surface area contributed by atoms with E-state index in [0.29, 0.717) is 0 Å². The lowest BCUT2D eigenvalue weighted by atomic mass is 10.5. The number of amidine groups is 1. The van der Waals surface area contributed by atoms with Gasteiger partial charge in [-0.15, -0.1) is 0 Å². The minimum Gasteiger partial charge on any atom is -0.257 e. The van der Waals surface area contributed by atoms with Gasteiger partial charge >= 0.3 is 5.17 Å². The van der Waals surface area contributed by atoms with Crippen molar-refractivity contribution in [2.45, 2.75) is 34.6 Å². The fraction of sp³-hybridized carbons (Fsp3) is 0.909. The minimum atomic E-state index is 1.11. The normalized spacial score (nSPS) is 10.1. The van der Waals surface area contributed by atoms with Crippen LogP contribution in [0.25, 0.3) is 0 Å². The van der Waals surface area contributed by atoms with Crippen LogP contribution in [0.2, 0.25) is 0 Å². The SMILES string of the molecule is CCSC(N(CC)CC)=[N+](CC)CC. The van der Waals surface area contributed by atoms with Crippen molar-refractivity contribution in [3.63, 3.8) is 0 Å². The highest BCUT2D eigenvalue weighted by molar-refractivity contribution is 8.13. The Labute approximate surface area is 93.4 Å². The van der Waals surface area contributed by atoms with Gasteiger partial charge in [-0.3, -0.25) is 9.48 Å². The summed E-state index contributed by atoms with van der Waals surface area (Å²) in [6.45, 7) is 15.5. The number of nitrogens with zero attached hydrogens (tertiary/aromatic N) is 2. The molecule has 84 valence electrons. The van der Waals surface area contributed by atoms with Crippen molar-refractivity contribution in [2.75, 3.05) is 31.9 Å². The second-order valence-electron chi connectivity index (χ2n) is 3.06. The first-order chi connectivity index (χ1) is 6.74. The van der Waals surface area contributed by atoms with Crippen LogP contribution in [0, 0.1) is 0 Å². The van der Waals surface area contributed by atoms with Gasteiger partial charge in [-0.2, -0.15) is 0 Å². The van der Waals surface area contributed by atoms with Crippen LogP contribution in [-0.4, -0.2) is 46.6 Å². The first-order valence-electron chi connectivity index (χ1n) is 5.74. The molecular formula is C11H25N2S+. The van der Waals surface area contributed by atoms with Crippen LogP contribution < -0.4 is 0 Å². The molecule has 0 fully saturated rings. The van der Waals surface area contributed by atoms with Crippen LogP contribution in [0.15, 0.2) is 0 Å². The van der Waals surface area contributed by atoms with Crippen LogP contribution >= 0.6 is 11.8 Å². The molecule has 0 radical (unpaired) electrons. The van der Waals surface area contributed by atoms with Crippen LogP contribution in [0.4, 0.5) is 0 Å². The molecule has 0 aliphatic heterocycles. The number of rotatable bonds is 5. The summed E-state index contributed by atoms with van der Waals surface area (Å²) in [6.07, 6.45) is 0. The third kappa shape index (κ3) is 3.91. The molecule has 0 aliphatic rings. The maximum atomic E-state index is 2.45. The van der Waals surface area contributed by atoms with E-state index < -0.39 is 0 Å². The average molecular weight is 217 g/mol.